The van der Waals surface area contributed by atoms with Crippen molar-refractivity contribution >= 4 is 12.0 Å². The molecule has 13 nitrogen and oxygen atoms in total. The Morgan fingerprint density at radius 1 is 0.943 bits per heavy atom. The van der Waals surface area contributed by atoms with Gasteiger partial charge in [0.1, 0.15) is 17.8 Å². The number of rotatable bonds is 7. The van der Waals surface area contributed by atoms with E-state index >= 15 is 0 Å². The van der Waals surface area contributed by atoms with Gasteiger partial charge in [0.05, 0.1) is 47.6 Å². The lowest BCUT2D eigenvalue weighted by atomic mass is 9.74. The number of aliphatic imine (C=N–C) groups is 1. The standard InChI is InChI=1S/C40H68N2O11/c1-15-28-39(12)24(7)25(8)40(53-39)20(3)18-38(11,52-40)33(51-35-31-27(17-21(4)46-35)42(13)36(50-31)41-16-2)22(5)30(23(6)34(44)48-28)49-29-19-37(10,45-14)32(43)26(9)47-29/h20-33,35,43H,15-19H2,1-14H3/t20-,21-,22+,23-,24+,25-,26+,27+,28-,29+,30+,31-,32+,33-,35+,37-,38+,39+,40?/m1/s1. The van der Waals surface area contributed by atoms with E-state index in [1.807, 2.05) is 41.7 Å². The van der Waals surface area contributed by atoms with Crippen molar-refractivity contribution in [3.63, 3.8) is 0 Å². The number of fused-ring (bicyclic) bond motifs is 3. The predicted octanol–water partition coefficient (Wildman–Crippen LogP) is 5.05. The Hall–Kier alpha value is -1.58. The molecule has 0 radical (unpaired) electrons. The zero-order chi connectivity index (χ0) is 39.0. The van der Waals surface area contributed by atoms with E-state index in [1.54, 1.807) is 14.0 Å². The highest BCUT2D eigenvalue weighted by Gasteiger charge is 2.70. The van der Waals surface area contributed by atoms with E-state index in [1.165, 1.54) is 0 Å². The molecule has 6 heterocycles. The Labute approximate surface area is 317 Å². The molecule has 0 aliphatic carbocycles. The maximum absolute atomic E-state index is 14.4. The van der Waals surface area contributed by atoms with Gasteiger partial charge in [0.25, 0.3) is 6.02 Å². The van der Waals surface area contributed by atoms with Gasteiger partial charge in [-0.2, -0.15) is 0 Å². The number of amidine groups is 1. The minimum atomic E-state index is -0.947. The third-order valence-corrected chi connectivity index (χ3v) is 14.2. The maximum Gasteiger partial charge on any atom is 0.311 e. The Morgan fingerprint density at radius 3 is 2.28 bits per heavy atom. The van der Waals surface area contributed by atoms with Crippen LogP contribution >= 0.6 is 0 Å². The lowest BCUT2D eigenvalue weighted by Crippen LogP contribution is -2.60. The van der Waals surface area contributed by atoms with Gasteiger partial charge in [-0.05, 0) is 73.6 Å². The number of cyclic esters (lactones) is 1. The molecule has 304 valence electrons. The van der Waals surface area contributed by atoms with Gasteiger partial charge in [-0.3, -0.25) is 4.79 Å². The van der Waals surface area contributed by atoms with Crippen molar-refractivity contribution < 1.29 is 52.5 Å². The number of esters is 1. The highest BCUT2D eigenvalue weighted by atomic mass is 16.8. The number of aliphatic hydroxyl groups is 1. The summed E-state index contributed by atoms with van der Waals surface area (Å²) in [5, 5.41) is 11.0. The summed E-state index contributed by atoms with van der Waals surface area (Å²) in [5.41, 5.74) is -2.62. The first kappa shape index (κ1) is 41.1. The van der Waals surface area contributed by atoms with Crippen LogP contribution in [0, 0.1) is 29.6 Å². The monoisotopic (exact) mass is 752 g/mol. The lowest BCUT2D eigenvalue weighted by molar-refractivity contribution is -0.341. The van der Waals surface area contributed by atoms with Crippen LogP contribution in [0.15, 0.2) is 4.99 Å². The van der Waals surface area contributed by atoms with Crippen LogP contribution in [0.2, 0.25) is 0 Å². The maximum atomic E-state index is 14.4. The van der Waals surface area contributed by atoms with Crippen LogP contribution in [0.3, 0.4) is 0 Å². The molecule has 19 atom stereocenters. The van der Waals surface area contributed by atoms with E-state index in [0.29, 0.717) is 25.4 Å². The third-order valence-electron chi connectivity index (χ3n) is 14.2. The van der Waals surface area contributed by atoms with Crippen molar-refractivity contribution in [2.24, 2.45) is 34.6 Å². The summed E-state index contributed by atoms with van der Waals surface area (Å²) in [6, 6.07) is 0.577. The normalized spacial score (nSPS) is 53.9. The van der Waals surface area contributed by atoms with Crippen molar-refractivity contribution in [3.8, 4) is 0 Å². The molecule has 6 aliphatic rings. The number of hydrogen-bond acceptors (Lipinski definition) is 12. The molecule has 1 N–H and O–H groups in total. The second-order valence-corrected chi connectivity index (χ2v) is 17.7. The van der Waals surface area contributed by atoms with E-state index in [9.17, 15) is 9.90 Å². The Bertz CT molecular complexity index is 1370. The molecule has 1 spiro atoms. The highest BCUT2D eigenvalue weighted by Crippen LogP contribution is 2.61. The fourth-order valence-electron chi connectivity index (χ4n) is 10.7. The van der Waals surface area contributed by atoms with Gasteiger partial charge in [0, 0.05) is 44.9 Å². The number of nitrogens with zero attached hydrogens (tertiary/aromatic N) is 2. The first-order chi connectivity index (χ1) is 24.8. The summed E-state index contributed by atoms with van der Waals surface area (Å²) in [6.45, 7) is 24.9. The van der Waals surface area contributed by atoms with Crippen LogP contribution in [-0.4, -0.2) is 127 Å². The molecule has 3 bridgehead atoms. The van der Waals surface area contributed by atoms with Crippen LogP contribution in [-0.2, 0) is 47.4 Å². The van der Waals surface area contributed by atoms with Gasteiger partial charge < -0.3 is 52.6 Å². The molecule has 6 saturated heterocycles. The van der Waals surface area contributed by atoms with Gasteiger partial charge in [0.15, 0.2) is 24.5 Å². The molecule has 1 unspecified atom stereocenters. The van der Waals surface area contributed by atoms with Gasteiger partial charge in [-0.15, -0.1) is 0 Å². The molecular weight excluding hydrogens is 684 g/mol. The summed E-state index contributed by atoms with van der Waals surface area (Å²) in [4.78, 5) is 21.2. The van der Waals surface area contributed by atoms with Crippen LogP contribution in [0.5, 0.6) is 0 Å². The zero-order valence-electron chi connectivity index (χ0n) is 34.6. The summed E-state index contributed by atoms with van der Waals surface area (Å²) in [7, 11) is 3.59. The highest BCUT2D eigenvalue weighted by molar-refractivity contribution is 5.76. The fraction of sp³-hybridized carbons (Fsp3) is 0.950. The number of carbonyl (C=O) groups is 1. The van der Waals surface area contributed by atoms with Crippen LogP contribution in [0.4, 0.5) is 0 Å². The summed E-state index contributed by atoms with van der Waals surface area (Å²) in [5.74, 6) is -2.55. The molecule has 0 amide bonds. The van der Waals surface area contributed by atoms with Gasteiger partial charge >= 0.3 is 5.97 Å². The fourth-order valence-corrected chi connectivity index (χ4v) is 10.7. The number of carbonyl (C=O) groups excluding carboxylic acids is 1. The SMILES string of the molecule is CCN=C1O[C@H]2[C@H](O[C@@H]3[C@@H](C)[C@H](O[C@H]4C[C@@](C)(OC)[C@@H](O)[C@H](C)O4)[C@@H](C)C(=O)O[C@H](CC)[C@@]4(C)OC5(O[C@@]3(C)C[C@H]5C)[C@H](C)[C@@H]4C)O[C@H](C)C[C@@H]2N1C. The third kappa shape index (κ3) is 6.74. The quantitative estimate of drug-likeness (QED) is 0.349. The molecular formula is C40H68N2O11. The van der Waals surface area contributed by atoms with Crippen LogP contribution < -0.4 is 0 Å². The Morgan fingerprint density at radius 2 is 1.64 bits per heavy atom. The molecule has 53 heavy (non-hydrogen) atoms. The van der Waals surface area contributed by atoms with E-state index in [2.05, 4.69) is 51.4 Å². The van der Waals surface area contributed by atoms with Crippen molar-refractivity contribution in [2.75, 3.05) is 20.7 Å². The number of aliphatic hydroxyl groups excluding tert-OH is 1. The molecule has 13 heteroatoms. The number of hydrogen-bond donors (Lipinski definition) is 1. The van der Waals surface area contributed by atoms with Gasteiger partial charge in [-0.1, -0.05) is 34.6 Å². The molecule has 6 aliphatic heterocycles. The lowest BCUT2D eigenvalue weighted by Gasteiger charge is -2.49. The van der Waals surface area contributed by atoms with E-state index in [-0.39, 0.29) is 42.3 Å². The molecule has 0 aromatic rings. The van der Waals surface area contributed by atoms with Crippen molar-refractivity contribution in [1.29, 1.82) is 0 Å². The largest absolute Gasteiger partial charge is 0.459 e. The average molecular weight is 753 g/mol. The number of likely N-dealkylation sites (N-methyl/N-ethyl adjacent to an activating group) is 1. The van der Waals surface area contributed by atoms with E-state index in [0.717, 1.165) is 6.42 Å². The first-order valence-electron chi connectivity index (χ1n) is 20.2. The van der Waals surface area contributed by atoms with Crippen LogP contribution in [0.25, 0.3) is 0 Å². The minimum Gasteiger partial charge on any atom is -0.459 e. The molecule has 6 fully saturated rings. The molecule has 0 aromatic carbocycles. The Kier molecular flexibility index (Phi) is 11.4. The first-order valence-corrected chi connectivity index (χ1v) is 20.2. The summed E-state index contributed by atoms with van der Waals surface area (Å²) < 4.78 is 60.5. The topological polar surface area (TPSA) is 136 Å². The summed E-state index contributed by atoms with van der Waals surface area (Å²) >= 11 is 0. The van der Waals surface area contributed by atoms with Crippen LogP contribution in [0.1, 0.15) is 109 Å². The zero-order valence-corrected chi connectivity index (χ0v) is 34.6. The second-order valence-electron chi connectivity index (χ2n) is 17.7. The Balaban J connectivity index is 1.45. The number of methoxy groups -OCH3 is 1. The molecule has 0 saturated carbocycles. The molecule has 0 aromatic heterocycles. The summed E-state index contributed by atoms with van der Waals surface area (Å²) in [6.07, 6.45) is -3.25. The average Bonchev–Trinajstić information content (AvgIpc) is 3.63. The van der Waals surface area contributed by atoms with Crippen molar-refractivity contribution in [3.05, 3.63) is 0 Å². The molecule has 6 rings (SSSR count). The van der Waals surface area contributed by atoms with Gasteiger partial charge in [0.2, 0.25) is 0 Å². The van der Waals surface area contributed by atoms with E-state index < -0.39 is 83.6 Å². The van der Waals surface area contributed by atoms with Crippen molar-refractivity contribution in [1.82, 2.24) is 4.90 Å². The van der Waals surface area contributed by atoms with E-state index in [4.69, 9.17) is 42.6 Å². The van der Waals surface area contributed by atoms with Crippen molar-refractivity contribution in [2.45, 2.75) is 193 Å². The second kappa shape index (κ2) is 14.7. The minimum absolute atomic E-state index is 0.000107. The predicted molar refractivity (Wildman–Crippen MR) is 196 cm³/mol. The number of ether oxygens (including phenoxy) is 9. The van der Waals surface area contributed by atoms with Gasteiger partial charge in [-0.25, -0.2) is 4.99 Å². The smallest absolute Gasteiger partial charge is 0.311 e.